The minimum atomic E-state index is -1.01. The van der Waals surface area contributed by atoms with E-state index in [0.29, 0.717) is 6.42 Å². The van der Waals surface area contributed by atoms with E-state index in [1.165, 1.54) is 0 Å². The Morgan fingerprint density at radius 1 is 1.06 bits per heavy atom. The molecule has 172 valence electrons. The van der Waals surface area contributed by atoms with E-state index in [1.807, 2.05) is 44.2 Å². The fourth-order valence-corrected chi connectivity index (χ4v) is 2.61. The van der Waals surface area contributed by atoms with E-state index in [2.05, 4.69) is 10.6 Å². The molecule has 6 N–H and O–H groups in total. The molecular formula is C21H32N4O6. The van der Waals surface area contributed by atoms with Crippen LogP contribution in [0.15, 0.2) is 30.3 Å². The zero-order valence-electron chi connectivity index (χ0n) is 18.0. The molecule has 0 saturated heterocycles. The molecular weight excluding hydrogens is 404 g/mol. The maximum absolute atomic E-state index is 12.4. The standard InChI is InChI=1S/C21H32N4O6/c1-14(2)10-16(22)20(28)25-17(8-9-18(23)26)21(29)24-13-30-12-19(27)31-11-15-6-4-3-5-7-15/h3-7,14,16-17H,8-13,22H2,1-2H3,(H2,23,26)(H,24,29)(H,25,28)/t16-,17-/m0/s1. The first-order valence-electron chi connectivity index (χ1n) is 10.1. The molecule has 0 aromatic heterocycles. The molecule has 10 heteroatoms. The fraction of sp³-hybridized carbons (Fsp3) is 0.524. The Balaban J connectivity index is 2.42. The molecule has 1 aromatic rings. The van der Waals surface area contributed by atoms with E-state index in [1.54, 1.807) is 0 Å². The quantitative estimate of drug-likeness (QED) is 0.180. The second kappa shape index (κ2) is 14.1. The Morgan fingerprint density at radius 3 is 2.35 bits per heavy atom. The smallest absolute Gasteiger partial charge is 0.332 e. The third-order valence-electron chi connectivity index (χ3n) is 4.19. The van der Waals surface area contributed by atoms with Crippen LogP contribution in [0.3, 0.4) is 0 Å². The molecule has 1 rings (SSSR count). The summed E-state index contributed by atoms with van der Waals surface area (Å²) in [6, 6.07) is 7.38. The summed E-state index contributed by atoms with van der Waals surface area (Å²) < 4.78 is 10.2. The molecule has 0 spiro atoms. The van der Waals surface area contributed by atoms with Gasteiger partial charge in [0, 0.05) is 6.42 Å². The number of carbonyl (C=O) groups excluding carboxylic acids is 4. The van der Waals surface area contributed by atoms with Gasteiger partial charge in [-0.15, -0.1) is 0 Å². The predicted molar refractivity (Wildman–Crippen MR) is 113 cm³/mol. The number of nitrogens with one attached hydrogen (secondary N) is 2. The summed E-state index contributed by atoms with van der Waals surface area (Å²) in [5, 5.41) is 4.98. The number of nitrogens with two attached hydrogens (primary N) is 2. The molecule has 2 atom stereocenters. The molecule has 1 aromatic carbocycles. The number of hydrogen-bond donors (Lipinski definition) is 4. The van der Waals surface area contributed by atoms with Gasteiger partial charge >= 0.3 is 5.97 Å². The van der Waals surface area contributed by atoms with Gasteiger partial charge in [-0.3, -0.25) is 14.4 Å². The van der Waals surface area contributed by atoms with Crippen LogP contribution in [-0.2, 0) is 35.3 Å². The van der Waals surface area contributed by atoms with E-state index in [9.17, 15) is 19.2 Å². The van der Waals surface area contributed by atoms with Crippen molar-refractivity contribution in [1.29, 1.82) is 0 Å². The molecule has 0 aliphatic rings. The summed E-state index contributed by atoms with van der Waals surface area (Å²) in [5.74, 6) is -2.06. The summed E-state index contributed by atoms with van der Waals surface area (Å²) in [7, 11) is 0. The lowest BCUT2D eigenvalue weighted by Crippen LogP contribution is -2.52. The molecule has 0 saturated carbocycles. The Bertz CT molecular complexity index is 726. The fourth-order valence-electron chi connectivity index (χ4n) is 2.61. The first-order valence-corrected chi connectivity index (χ1v) is 10.1. The zero-order valence-corrected chi connectivity index (χ0v) is 18.0. The summed E-state index contributed by atoms with van der Waals surface area (Å²) in [6.45, 7) is 3.33. The van der Waals surface area contributed by atoms with Crippen LogP contribution in [0.2, 0.25) is 0 Å². The van der Waals surface area contributed by atoms with Gasteiger partial charge in [-0.05, 0) is 24.3 Å². The summed E-state index contributed by atoms with van der Waals surface area (Å²) >= 11 is 0. The van der Waals surface area contributed by atoms with Crippen molar-refractivity contribution in [2.24, 2.45) is 17.4 Å². The van der Waals surface area contributed by atoms with Gasteiger partial charge in [0.05, 0.1) is 6.04 Å². The predicted octanol–water partition coefficient (Wildman–Crippen LogP) is -0.0562. The summed E-state index contributed by atoms with van der Waals surface area (Å²) in [5.41, 5.74) is 11.8. The highest BCUT2D eigenvalue weighted by Crippen LogP contribution is 2.05. The monoisotopic (exact) mass is 436 g/mol. The zero-order chi connectivity index (χ0) is 23.2. The minimum absolute atomic E-state index is 0.0143. The topological polar surface area (TPSA) is 163 Å². The summed E-state index contributed by atoms with van der Waals surface area (Å²) in [6.07, 6.45) is 0.370. The Labute approximate surface area is 182 Å². The van der Waals surface area contributed by atoms with Crippen LogP contribution in [0.4, 0.5) is 0 Å². The SMILES string of the molecule is CC(C)C[C@H](N)C(=O)N[C@@H](CCC(N)=O)C(=O)NCOCC(=O)OCc1ccccc1. The highest BCUT2D eigenvalue weighted by Gasteiger charge is 2.24. The summed E-state index contributed by atoms with van der Waals surface area (Å²) in [4.78, 5) is 47.4. The third-order valence-corrected chi connectivity index (χ3v) is 4.19. The normalized spacial score (nSPS) is 12.6. The maximum Gasteiger partial charge on any atom is 0.332 e. The van der Waals surface area contributed by atoms with Crippen molar-refractivity contribution in [3.8, 4) is 0 Å². The number of primary amides is 1. The second-order valence-electron chi connectivity index (χ2n) is 7.48. The lowest BCUT2D eigenvalue weighted by molar-refractivity contribution is -0.151. The largest absolute Gasteiger partial charge is 0.459 e. The Morgan fingerprint density at radius 2 is 1.74 bits per heavy atom. The number of amides is 3. The average molecular weight is 437 g/mol. The van der Waals surface area contributed by atoms with Crippen molar-refractivity contribution in [2.75, 3.05) is 13.3 Å². The molecule has 0 heterocycles. The first kappa shape index (κ1) is 26.1. The minimum Gasteiger partial charge on any atom is -0.459 e. The van der Waals surface area contributed by atoms with E-state index >= 15 is 0 Å². The molecule has 0 unspecified atom stereocenters. The van der Waals surface area contributed by atoms with Crippen molar-refractivity contribution in [3.05, 3.63) is 35.9 Å². The van der Waals surface area contributed by atoms with Crippen molar-refractivity contribution in [1.82, 2.24) is 10.6 Å². The van der Waals surface area contributed by atoms with Crippen molar-refractivity contribution in [3.63, 3.8) is 0 Å². The van der Waals surface area contributed by atoms with Crippen LogP contribution in [-0.4, -0.2) is 49.1 Å². The van der Waals surface area contributed by atoms with Gasteiger partial charge in [-0.2, -0.15) is 0 Å². The maximum atomic E-state index is 12.4. The lowest BCUT2D eigenvalue weighted by atomic mass is 10.0. The number of hydrogen-bond acceptors (Lipinski definition) is 7. The molecule has 3 amide bonds. The third kappa shape index (κ3) is 11.7. The van der Waals surface area contributed by atoms with Gasteiger partial charge in [0.2, 0.25) is 17.7 Å². The van der Waals surface area contributed by atoms with Gasteiger partial charge in [0.15, 0.2) is 0 Å². The van der Waals surface area contributed by atoms with E-state index in [-0.39, 0.29) is 38.7 Å². The van der Waals surface area contributed by atoms with Gasteiger partial charge in [0.25, 0.3) is 0 Å². The molecule has 31 heavy (non-hydrogen) atoms. The number of benzene rings is 1. The van der Waals surface area contributed by atoms with Crippen LogP contribution in [0.5, 0.6) is 0 Å². The van der Waals surface area contributed by atoms with Crippen molar-refractivity contribution >= 4 is 23.7 Å². The molecule has 0 radical (unpaired) electrons. The average Bonchev–Trinajstić information content (AvgIpc) is 2.72. The second-order valence-corrected chi connectivity index (χ2v) is 7.48. The van der Waals surface area contributed by atoms with Crippen LogP contribution < -0.4 is 22.1 Å². The van der Waals surface area contributed by atoms with Crippen LogP contribution in [0, 0.1) is 5.92 Å². The highest BCUT2D eigenvalue weighted by atomic mass is 16.6. The van der Waals surface area contributed by atoms with Gasteiger partial charge in [0.1, 0.15) is 26.0 Å². The Kier molecular flexibility index (Phi) is 11.9. The number of ether oxygens (including phenoxy) is 2. The number of carbonyl (C=O) groups is 4. The van der Waals surface area contributed by atoms with E-state index < -0.39 is 35.8 Å². The number of rotatable bonds is 14. The molecule has 0 fully saturated rings. The molecule has 0 aliphatic carbocycles. The van der Waals surface area contributed by atoms with Crippen molar-refractivity contribution < 1.29 is 28.7 Å². The van der Waals surface area contributed by atoms with Gasteiger partial charge < -0.3 is 31.6 Å². The van der Waals surface area contributed by atoms with Gasteiger partial charge in [-0.1, -0.05) is 44.2 Å². The first-order chi connectivity index (χ1) is 14.7. The molecule has 10 nitrogen and oxygen atoms in total. The molecule has 0 aliphatic heterocycles. The molecule has 0 bridgehead atoms. The van der Waals surface area contributed by atoms with Crippen LogP contribution in [0.25, 0.3) is 0 Å². The Hall–Kier alpha value is -2.98. The van der Waals surface area contributed by atoms with E-state index in [4.69, 9.17) is 20.9 Å². The van der Waals surface area contributed by atoms with Gasteiger partial charge in [-0.25, -0.2) is 4.79 Å². The number of esters is 1. The van der Waals surface area contributed by atoms with Crippen molar-refractivity contribution in [2.45, 2.75) is 51.8 Å². The lowest BCUT2D eigenvalue weighted by Gasteiger charge is -2.21. The van der Waals surface area contributed by atoms with Crippen LogP contribution in [0.1, 0.15) is 38.7 Å². The highest BCUT2D eigenvalue weighted by molar-refractivity contribution is 5.90. The van der Waals surface area contributed by atoms with E-state index in [0.717, 1.165) is 5.56 Å². The van der Waals surface area contributed by atoms with Crippen LogP contribution >= 0.6 is 0 Å².